The zero-order valence-electron chi connectivity index (χ0n) is 30.8. The van der Waals surface area contributed by atoms with E-state index in [1.807, 2.05) is 48.8 Å². The van der Waals surface area contributed by atoms with E-state index < -0.39 is 0 Å². The molecule has 0 bridgehead atoms. The summed E-state index contributed by atoms with van der Waals surface area (Å²) in [6.45, 7) is 0. The van der Waals surface area contributed by atoms with E-state index in [-0.39, 0.29) is 0 Å². The lowest BCUT2D eigenvalue weighted by Gasteiger charge is -2.15. The van der Waals surface area contributed by atoms with Crippen LogP contribution in [0.25, 0.3) is 105 Å². The molecule has 0 unspecified atom stereocenters. The maximum absolute atomic E-state index is 5.45. The summed E-state index contributed by atoms with van der Waals surface area (Å²) in [5.41, 5.74) is 13.8. The molecule has 5 heteroatoms. The molecule has 0 saturated heterocycles. The van der Waals surface area contributed by atoms with Gasteiger partial charge in [0, 0.05) is 67.3 Å². The molecule has 0 atom stereocenters. The Morgan fingerprint density at radius 1 is 0.368 bits per heavy atom. The molecular formula is C52H33N5. The van der Waals surface area contributed by atoms with Crippen molar-refractivity contribution in [1.82, 2.24) is 24.5 Å². The van der Waals surface area contributed by atoms with Crippen LogP contribution in [0.3, 0.4) is 0 Å². The van der Waals surface area contributed by atoms with Crippen molar-refractivity contribution in [2.45, 2.75) is 0 Å². The van der Waals surface area contributed by atoms with Crippen LogP contribution in [-0.4, -0.2) is 24.5 Å². The quantitative estimate of drug-likeness (QED) is 0.160. The monoisotopic (exact) mass is 727 g/mol. The third kappa shape index (κ3) is 5.64. The number of hydrogen-bond donors (Lipinski definition) is 0. The van der Waals surface area contributed by atoms with Gasteiger partial charge in [-0.15, -0.1) is 0 Å². The first-order valence-corrected chi connectivity index (χ1v) is 19.1. The van der Waals surface area contributed by atoms with E-state index in [1.54, 1.807) is 0 Å². The number of para-hydroxylation sites is 3. The first kappa shape index (κ1) is 32.7. The Kier molecular flexibility index (Phi) is 7.74. The SMILES string of the molecule is c1ccc(-c2ccc(-c3cc(-c4nc5ccccc5c5c4ccc4c6ccccc6n(-c6ccccc6)c45)cc(-c4ccc(-c5ccccn5)cc4)n3)nc2)cc1. The number of pyridine rings is 4. The maximum atomic E-state index is 5.45. The Bertz CT molecular complexity index is 3150. The lowest BCUT2D eigenvalue weighted by molar-refractivity contribution is 1.19. The molecule has 5 aromatic heterocycles. The summed E-state index contributed by atoms with van der Waals surface area (Å²) in [4.78, 5) is 20.3. The van der Waals surface area contributed by atoms with Crippen molar-refractivity contribution >= 4 is 43.5 Å². The van der Waals surface area contributed by atoms with Crippen molar-refractivity contribution in [3.05, 3.63) is 200 Å². The Morgan fingerprint density at radius 2 is 1.04 bits per heavy atom. The minimum absolute atomic E-state index is 0.776. The van der Waals surface area contributed by atoms with Crippen LogP contribution in [0.15, 0.2) is 200 Å². The number of hydrogen-bond acceptors (Lipinski definition) is 4. The van der Waals surface area contributed by atoms with Crippen molar-refractivity contribution in [1.29, 1.82) is 0 Å². The fraction of sp³-hybridized carbons (Fsp3) is 0. The zero-order valence-corrected chi connectivity index (χ0v) is 30.8. The second-order valence-corrected chi connectivity index (χ2v) is 14.3. The molecule has 11 aromatic rings. The van der Waals surface area contributed by atoms with Crippen LogP contribution in [-0.2, 0) is 0 Å². The molecule has 5 nitrogen and oxygen atoms in total. The van der Waals surface area contributed by atoms with E-state index in [1.165, 1.54) is 16.3 Å². The Hall–Kier alpha value is -7.76. The summed E-state index contributed by atoms with van der Waals surface area (Å²) < 4.78 is 2.41. The van der Waals surface area contributed by atoms with Gasteiger partial charge in [0.15, 0.2) is 0 Å². The number of fused-ring (bicyclic) bond motifs is 7. The van der Waals surface area contributed by atoms with Crippen LogP contribution in [0.5, 0.6) is 0 Å². The van der Waals surface area contributed by atoms with Crippen LogP contribution in [0.1, 0.15) is 0 Å². The van der Waals surface area contributed by atoms with E-state index in [2.05, 4.69) is 161 Å². The van der Waals surface area contributed by atoms with Gasteiger partial charge in [-0.2, -0.15) is 0 Å². The van der Waals surface area contributed by atoms with Gasteiger partial charge in [0.05, 0.1) is 45.0 Å². The maximum Gasteiger partial charge on any atom is 0.0900 e. The number of benzene rings is 6. The fourth-order valence-electron chi connectivity index (χ4n) is 8.19. The smallest absolute Gasteiger partial charge is 0.0900 e. The first-order valence-electron chi connectivity index (χ1n) is 19.1. The molecule has 0 spiro atoms. The van der Waals surface area contributed by atoms with Crippen molar-refractivity contribution < 1.29 is 0 Å². The number of nitrogens with zero attached hydrogens (tertiary/aromatic N) is 5. The summed E-state index contributed by atoms with van der Waals surface area (Å²) in [7, 11) is 0. The Morgan fingerprint density at radius 3 is 1.81 bits per heavy atom. The molecule has 0 saturated carbocycles. The van der Waals surface area contributed by atoms with E-state index in [0.717, 1.165) is 89.2 Å². The zero-order chi connectivity index (χ0) is 37.7. The highest BCUT2D eigenvalue weighted by atomic mass is 15.0. The molecular weight excluding hydrogens is 695 g/mol. The van der Waals surface area contributed by atoms with Crippen LogP contribution in [0.2, 0.25) is 0 Å². The minimum atomic E-state index is 0.776. The molecule has 11 rings (SSSR count). The summed E-state index contributed by atoms with van der Waals surface area (Å²) in [5.74, 6) is 0. The third-order valence-electron chi connectivity index (χ3n) is 10.9. The largest absolute Gasteiger partial charge is 0.309 e. The summed E-state index contributed by atoms with van der Waals surface area (Å²) in [5, 5.41) is 5.77. The van der Waals surface area contributed by atoms with Crippen molar-refractivity contribution in [2.75, 3.05) is 0 Å². The minimum Gasteiger partial charge on any atom is -0.309 e. The molecule has 0 aliphatic rings. The molecule has 0 amide bonds. The molecule has 0 aliphatic heterocycles. The normalized spacial score (nSPS) is 11.5. The topological polar surface area (TPSA) is 56.5 Å². The number of rotatable bonds is 6. The average molecular weight is 728 g/mol. The summed E-state index contributed by atoms with van der Waals surface area (Å²) in [6, 6.07) is 65.7. The average Bonchev–Trinajstić information content (AvgIpc) is 3.64. The van der Waals surface area contributed by atoms with Gasteiger partial charge in [0.2, 0.25) is 0 Å². The van der Waals surface area contributed by atoms with Gasteiger partial charge in [0.25, 0.3) is 0 Å². The highest BCUT2D eigenvalue weighted by Crippen LogP contribution is 2.43. The predicted octanol–water partition coefficient (Wildman–Crippen LogP) is 13.0. The third-order valence-corrected chi connectivity index (χ3v) is 10.9. The van der Waals surface area contributed by atoms with Crippen molar-refractivity contribution in [2.24, 2.45) is 0 Å². The molecule has 266 valence electrons. The standard InChI is InChI=1S/C52H33N5/c1-3-13-34(14-4-1)37-26-29-46(54-33-37)48-32-38(31-47(55-48)36-24-22-35(23-25-36)44-19-11-12-30-53-44)51-43-28-27-41-40-17-8-10-21-49(40)57(39-15-5-2-6-16-39)52(41)50(43)42-18-7-9-20-45(42)56-51/h1-33H. The van der Waals surface area contributed by atoms with Gasteiger partial charge in [0.1, 0.15) is 0 Å². The lowest BCUT2D eigenvalue weighted by Crippen LogP contribution is -1.98. The van der Waals surface area contributed by atoms with E-state index in [9.17, 15) is 0 Å². The van der Waals surface area contributed by atoms with Crippen molar-refractivity contribution in [3.63, 3.8) is 0 Å². The second-order valence-electron chi connectivity index (χ2n) is 14.3. The lowest BCUT2D eigenvalue weighted by atomic mass is 9.96. The number of aromatic nitrogens is 5. The van der Waals surface area contributed by atoms with Crippen LogP contribution < -0.4 is 0 Å². The van der Waals surface area contributed by atoms with Crippen LogP contribution in [0, 0.1) is 0 Å². The van der Waals surface area contributed by atoms with Gasteiger partial charge in [-0.1, -0.05) is 133 Å². The Balaban J connectivity index is 1.17. The van der Waals surface area contributed by atoms with Gasteiger partial charge in [-0.25, -0.2) is 9.97 Å². The van der Waals surface area contributed by atoms with E-state index in [0.29, 0.717) is 0 Å². The summed E-state index contributed by atoms with van der Waals surface area (Å²) in [6.07, 6.45) is 3.76. The second kappa shape index (κ2) is 13.5. The Labute approximate surface area is 329 Å². The van der Waals surface area contributed by atoms with Gasteiger partial charge in [-0.3, -0.25) is 9.97 Å². The first-order chi connectivity index (χ1) is 28.3. The molecule has 0 fully saturated rings. The molecule has 57 heavy (non-hydrogen) atoms. The highest BCUT2D eigenvalue weighted by molar-refractivity contribution is 6.27. The molecule has 0 N–H and O–H groups in total. The van der Waals surface area contributed by atoms with Crippen LogP contribution >= 0.6 is 0 Å². The molecule has 5 heterocycles. The van der Waals surface area contributed by atoms with E-state index >= 15 is 0 Å². The van der Waals surface area contributed by atoms with Crippen molar-refractivity contribution in [3.8, 4) is 62.0 Å². The van der Waals surface area contributed by atoms with Gasteiger partial charge in [-0.05, 0) is 60.2 Å². The van der Waals surface area contributed by atoms with Gasteiger partial charge >= 0.3 is 0 Å². The highest BCUT2D eigenvalue weighted by Gasteiger charge is 2.21. The van der Waals surface area contributed by atoms with E-state index in [4.69, 9.17) is 15.0 Å². The van der Waals surface area contributed by atoms with Crippen LogP contribution in [0.4, 0.5) is 0 Å². The summed E-state index contributed by atoms with van der Waals surface area (Å²) >= 11 is 0. The fourth-order valence-corrected chi connectivity index (χ4v) is 8.19. The molecule has 0 aliphatic carbocycles. The molecule has 0 radical (unpaired) electrons. The predicted molar refractivity (Wildman–Crippen MR) is 234 cm³/mol. The van der Waals surface area contributed by atoms with Gasteiger partial charge < -0.3 is 4.57 Å². The molecule has 6 aromatic carbocycles.